The van der Waals surface area contributed by atoms with E-state index in [-0.39, 0.29) is 0 Å². The lowest BCUT2D eigenvalue weighted by Crippen LogP contribution is -2.67. The van der Waals surface area contributed by atoms with Gasteiger partial charge < -0.3 is 50.8 Å². The quantitative estimate of drug-likeness (QED) is 0.279. The smallest absolute Gasteiger partial charge is 0.176 e. The van der Waals surface area contributed by atoms with Gasteiger partial charge in [-0.2, -0.15) is 0 Å². The predicted molar refractivity (Wildman–Crippen MR) is 85.4 cm³/mol. The van der Waals surface area contributed by atoms with Crippen LogP contribution in [0.3, 0.4) is 0 Å². The molecule has 0 radical (unpaired) electrons. The van der Waals surface area contributed by atoms with Crippen LogP contribution in [-0.4, -0.2) is 101 Å². The van der Waals surface area contributed by atoms with E-state index in [1.54, 1.807) is 13.8 Å². The summed E-state index contributed by atoms with van der Waals surface area (Å²) in [4.78, 5) is 0. The highest BCUT2D eigenvalue weighted by atomic mass is 16.7. The first kappa shape index (κ1) is 20.9. The number of rotatable bonds is 6. The fraction of sp³-hybridized carbons (Fsp3) is 1.00. The zero-order valence-electron chi connectivity index (χ0n) is 14.5. The Hall–Kier alpha value is -0.400. The molecular formula is C15H30N2O8. The van der Waals surface area contributed by atoms with Gasteiger partial charge in [0, 0.05) is 6.61 Å². The van der Waals surface area contributed by atoms with Crippen LogP contribution in [0.1, 0.15) is 13.8 Å². The molecule has 2 saturated heterocycles. The third-order valence-corrected chi connectivity index (χ3v) is 4.76. The van der Waals surface area contributed by atoms with Crippen LogP contribution >= 0.6 is 0 Å². The average Bonchev–Trinajstić information content (AvgIpc) is 2.61. The lowest BCUT2D eigenvalue weighted by atomic mass is 9.93. The number of ether oxygens (including phenoxy) is 4. The SMILES string of the molecule is CCO[C@@H]1C(CO)O[C@@H](O[C@H]2C(O)C(N)[C@H](C)O[C@H]2CO)C(N)[C@H]1O. The highest BCUT2D eigenvalue weighted by molar-refractivity contribution is 4.97. The van der Waals surface area contributed by atoms with Gasteiger partial charge in [-0.1, -0.05) is 0 Å². The molecule has 0 spiro atoms. The van der Waals surface area contributed by atoms with Gasteiger partial charge >= 0.3 is 0 Å². The van der Waals surface area contributed by atoms with Crippen molar-refractivity contribution in [2.45, 2.75) is 74.9 Å². The molecule has 10 heteroatoms. The van der Waals surface area contributed by atoms with Crippen molar-refractivity contribution in [3.05, 3.63) is 0 Å². The molecule has 2 aliphatic heterocycles. The molecule has 148 valence electrons. The molecule has 10 nitrogen and oxygen atoms in total. The van der Waals surface area contributed by atoms with Crippen LogP contribution in [0.4, 0.5) is 0 Å². The Morgan fingerprint density at radius 2 is 1.48 bits per heavy atom. The molecule has 2 rings (SSSR count). The second-order valence-electron chi connectivity index (χ2n) is 6.44. The Bertz CT molecular complexity index is 413. The van der Waals surface area contributed by atoms with Crippen molar-refractivity contribution in [2.24, 2.45) is 11.5 Å². The van der Waals surface area contributed by atoms with Crippen LogP contribution < -0.4 is 11.5 Å². The van der Waals surface area contributed by atoms with Gasteiger partial charge in [0.25, 0.3) is 0 Å². The number of hydrogen-bond donors (Lipinski definition) is 6. The van der Waals surface area contributed by atoms with E-state index >= 15 is 0 Å². The summed E-state index contributed by atoms with van der Waals surface area (Å²) in [6, 6.07) is -1.70. The van der Waals surface area contributed by atoms with E-state index in [2.05, 4.69) is 0 Å². The van der Waals surface area contributed by atoms with Crippen LogP contribution in [0.25, 0.3) is 0 Å². The van der Waals surface area contributed by atoms with Gasteiger partial charge in [0.1, 0.15) is 36.6 Å². The summed E-state index contributed by atoms with van der Waals surface area (Å²) in [5.74, 6) is 0. The maximum absolute atomic E-state index is 10.4. The molecule has 0 aromatic heterocycles. The van der Waals surface area contributed by atoms with Gasteiger partial charge in [0.15, 0.2) is 6.29 Å². The van der Waals surface area contributed by atoms with E-state index in [1.165, 1.54) is 0 Å². The topological polar surface area (TPSA) is 170 Å². The van der Waals surface area contributed by atoms with Crippen molar-refractivity contribution in [1.82, 2.24) is 0 Å². The third-order valence-electron chi connectivity index (χ3n) is 4.76. The van der Waals surface area contributed by atoms with Crippen molar-refractivity contribution in [3.63, 3.8) is 0 Å². The maximum atomic E-state index is 10.4. The molecular weight excluding hydrogens is 336 g/mol. The van der Waals surface area contributed by atoms with Crippen molar-refractivity contribution in [3.8, 4) is 0 Å². The zero-order chi connectivity index (χ0) is 18.7. The van der Waals surface area contributed by atoms with E-state index < -0.39 is 74.3 Å². The van der Waals surface area contributed by atoms with E-state index in [1.807, 2.05) is 0 Å². The summed E-state index contributed by atoms with van der Waals surface area (Å²) >= 11 is 0. The predicted octanol–water partition coefficient (Wildman–Crippen LogP) is -3.35. The summed E-state index contributed by atoms with van der Waals surface area (Å²) in [5.41, 5.74) is 11.9. The molecule has 10 atom stereocenters. The summed E-state index contributed by atoms with van der Waals surface area (Å²) in [7, 11) is 0. The largest absolute Gasteiger partial charge is 0.394 e. The summed E-state index contributed by atoms with van der Waals surface area (Å²) in [5, 5.41) is 39.7. The highest BCUT2D eigenvalue weighted by Gasteiger charge is 2.49. The Labute approximate surface area is 146 Å². The van der Waals surface area contributed by atoms with Crippen molar-refractivity contribution >= 4 is 0 Å². The van der Waals surface area contributed by atoms with Gasteiger partial charge in [-0.05, 0) is 13.8 Å². The third kappa shape index (κ3) is 4.30. The Balaban J connectivity index is 2.12. The van der Waals surface area contributed by atoms with E-state index in [0.717, 1.165) is 0 Å². The summed E-state index contributed by atoms with van der Waals surface area (Å²) in [6.45, 7) is 2.95. The first-order valence-electron chi connectivity index (χ1n) is 8.52. The fourth-order valence-electron chi connectivity index (χ4n) is 3.24. The van der Waals surface area contributed by atoms with Gasteiger partial charge in [-0.15, -0.1) is 0 Å². The second kappa shape index (κ2) is 9.00. The zero-order valence-corrected chi connectivity index (χ0v) is 14.5. The minimum Gasteiger partial charge on any atom is -0.394 e. The fourth-order valence-corrected chi connectivity index (χ4v) is 3.24. The first-order chi connectivity index (χ1) is 11.8. The minimum atomic E-state index is -1.14. The minimum absolute atomic E-state index is 0.314. The van der Waals surface area contributed by atoms with Crippen molar-refractivity contribution < 1.29 is 39.4 Å². The molecule has 8 N–H and O–H groups in total. The Morgan fingerprint density at radius 3 is 2.04 bits per heavy atom. The van der Waals surface area contributed by atoms with Crippen molar-refractivity contribution in [1.29, 1.82) is 0 Å². The molecule has 4 unspecified atom stereocenters. The summed E-state index contributed by atoms with van der Waals surface area (Å²) < 4.78 is 22.3. The van der Waals surface area contributed by atoms with Crippen LogP contribution in [0.15, 0.2) is 0 Å². The molecule has 0 aromatic rings. The van der Waals surface area contributed by atoms with Gasteiger partial charge in [-0.25, -0.2) is 0 Å². The standard InChI is InChI=1S/C15H30N2O8/c1-3-22-13-7(4-18)24-15(10(17)12(13)21)25-14-8(5-19)23-6(2)9(16)11(14)20/h6-15,18-21H,3-5,16-17H2,1-2H3/t6-,7?,8-,9?,10?,11?,12+,13+,14+,15-/m0/s1. The van der Waals surface area contributed by atoms with Gasteiger partial charge in [-0.3, -0.25) is 0 Å². The molecule has 0 amide bonds. The molecule has 0 saturated carbocycles. The Morgan fingerprint density at radius 1 is 0.920 bits per heavy atom. The van der Waals surface area contributed by atoms with Crippen LogP contribution in [0.2, 0.25) is 0 Å². The number of aliphatic hydroxyl groups excluding tert-OH is 4. The Kier molecular flexibility index (Phi) is 7.52. The number of nitrogens with two attached hydrogens (primary N) is 2. The highest BCUT2D eigenvalue weighted by Crippen LogP contribution is 2.28. The van der Waals surface area contributed by atoms with E-state index in [9.17, 15) is 20.4 Å². The van der Waals surface area contributed by atoms with Crippen molar-refractivity contribution in [2.75, 3.05) is 19.8 Å². The van der Waals surface area contributed by atoms with Crippen LogP contribution in [0, 0.1) is 0 Å². The molecule has 2 aliphatic rings. The molecule has 25 heavy (non-hydrogen) atoms. The average molecular weight is 366 g/mol. The second-order valence-corrected chi connectivity index (χ2v) is 6.44. The number of hydrogen-bond acceptors (Lipinski definition) is 10. The molecule has 2 heterocycles. The van der Waals surface area contributed by atoms with Gasteiger partial charge in [0.2, 0.25) is 0 Å². The van der Waals surface area contributed by atoms with E-state index in [4.69, 9.17) is 30.4 Å². The van der Waals surface area contributed by atoms with Crippen LogP contribution in [-0.2, 0) is 18.9 Å². The monoisotopic (exact) mass is 366 g/mol. The van der Waals surface area contributed by atoms with E-state index in [0.29, 0.717) is 6.61 Å². The summed E-state index contributed by atoms with van der Waals surface area (Å²) in [6.07, 6.45) is -7.33. The maximum Gasteiger partial charge on any atom is 0.176 e. The van der Waals surface area contributed by atoms with Gasteiger partial charge in [0.05, 0.1) is 31.4 Å². The molecule has 2 fully saturated rings. The van der Waals surface area contributed by atoms with Crippen LogP contribution in [0.5, 0.6) is 0 Å². The first-order valence-corrected chi connectivity index (χ1v) is 8.52. The lowest BCUT2D eigenvalue weighted by Gasteiger charge is -2.47. The lowest BCUT2D eigenvalue weighted by molar-refractivity contribution is -0.313. The molecule has 0 aromatic carbocycles. The molecule has 0 aliphatic carbocycles. The number of aliphatic hydroxyl groups is 4. The molecule has 0 bridgehead atoms. The normalized spacial score (nSPS) is 48.5.